The Labute approximate surface area is 119 Å². The van der Waals surface area contributed by atoms with Crippen LogP contribution in [0.15, 0.2) is 25.0 Å². The molecule has 114 valence electrons. The summed E-state index contributed by atoms with van der Waals surface area (Å²) in [5.41, 5.74) is -1.18. The van der Waals surface area contributed by atoms with Crippen LogP contribution in [0.1, 0.15) is 12.6 Å². The van der Waals surface area contributed by atoms with E-state index in [4.69, 9.17) is 0 Å². The number of alkyl halides is 3. The second kappa shape index (κ2) is 5.34. The molecule has 1 aliphatic heterocycles. The van der Waals surface area contributed by atoms with Crippen molar-refractivity contribution in [2.45, 2.75) is 13.1 Å². The number of hydrogen-bond donors (Lipinski definition) is 1. The van der Waals surface area contributed by atoms with E-state index in [1.807, 2.05) is 6.92 Å². The summed E-state index contributed by atoms with van der Waals surface area (Å²) in [6.07, 6.45) is -2.37. The molecule has 1 N–H and O–H groups in total. The molecule has 1 aromatic rings. The summed E-state index contributed by atoms with van der Waals surface area (Å²) in [4.78, 5) is 19.9. The Morgan fingerprint density at radius 2 is 2.19 bits per heavy atom. The Bertz CT molecular complexity index is 553. The Balaban J connectivity index is 1.93. The van der Waals surface area contributed by atoms with E-state index in [0.717, 1.165) is 12.4 Å². The zero-order valence-corrected chi connectivity index (χ0v) is 11.4. The summed E-state index contributed by atoms with van der Waals surface area (Å²) < 4.78 is 37.6. The number of carbonyl (C=O) groups is 1. The molecule has 2 heterocycles. The van der Waals surface area contributed by atoms with E-state index in [1.54, 1.807) is 4.90 Å². The van der Waals surface area contributed by atoms with Crippen molar-refractivity contribution in [3.63, 3.8) is 0 Å². The van der Waals surface area contributed by atoms with Gasteiger partial charge < -0.3 is 10.2 Å². The topological polar surface area (TPSA) is 58.1 Å². The Kier molecular flexibility index (Phi) is 3.89. The minimum absolute atomic E-state index is 0.118. The van der Waals surface area contributed by atoms with Gasteiger partial charge in [-0.3, -0.25) is 4.79 Å². The summed E-state index contributed by atoms with van der Waals surface area (Å²) in [7, 11) is 0. The first-order chi connectivity index (χ1) is 9.73. The van der Waals surface area contributed by atoms with E-state index in [9.17, 15) is 18.0 Å². The Hall–Kier alpha value is -2.12. The van der Waals surface area contributed by atoms with Gasteiger partial charge in [0.05, 0.1) is 0 Å². The molecule has 0 aromatic carbocycles. The van der Waals surface area contributed by atoms with Crippen LogP contribution in [0.25, 0.3) is 0 Å². The van der Waals surface area contributed by atoms with Gasteiger partial charge in [0.25, 0.3) is 0 Å². The number of aromatic nitrogens is 2. The normalized spacial score (nSPS) is 17.0. The zero-order valence-electron chi connectivity index (χ0n) is 11.4. The van der Waals surface area contributed by atoms with Crippen molar-refractivity contribution in [1.82, 2.24) is 14.9 Å². The van der Waals surface area contributed by atoms with E-state index in [2.05, 4.69) is 21.9 Å². The van der Waals surface area contributed by atoms with Crippen molar-refractivity contribution in [3.8, 4) is 0 Å². The van der Waals surface area contributed by atoms with E-state index in [1.165, 1.54) is 6.08 Å². The third kappa shape index (κ3) is 3.50. The van der Waals surface area contributed by atoms with Gasteiger partial charge >= 0.3 is 6.18 Å². The number of hydrogen-bond acceptors (Lipinski definition) is 4. The molecule has 8 heteroatoms. The third-order valence-corrected chi connectivity index (χ3v) is 3.29. The van der Waals surface area contributed by atoms with Gasteiger partial charge in [-0.05, 0) is 6.08 Å². The summed E-state index contributed by atoms with van der Waals surface area (Å²) in [5, 5.41) is 2.86. The smallest absolute Gasteiger partial charge is 0.369 e. The summed E-state index contributed by atoms with van der Waals surface area (Å²) in [6, 6.07) is 0.870. The van der Waals surface area contributed by atoms with E-state index < -0.39 is 11.9 Å². The Morgan fingerprint density at radius 3 is 2.76 bits per heavy atom. The highest BCUT2D eigenvalue weighted by molar-refractivity contribution is 5.87. The van der Waals surface area contributed by atoms with Gasteiger partial charge in [-0.25, -0.2) is 9.97 Å². The second-order valence-corrected chi connectivity index (χ2v) is 5.35. The number of carbonyl (C=O) groups excluding carboxylic acids is 1. The molecule has 0 aliphatic carbocycles. The fraction of sp³-hybridized carbons (Fsp3) is 0.462. The Morgan fingerprint density at radius 1 is 1.52 bits per heavy atom. The highest BCUT2D eigenvalue weighted by Crippen LogP contribution is 2.31. The van der Waals surface area contributed by atoms with Gasteiger partial charge in [-0.1, -0.05) is 13.5 Å². The summed E-state index contributed by atoms with van der Waals surface area (Å²) >= 11 is 0. The monoisotopic (exact) mass is 300 g/mol. The maximum atomic E-state index is 12.5. The first kappa shape index (κ1) is 15.3. The number of halogens is 3. The molecule has 1 aliphatic rings. The quantitative estimate of drug-likeness (QED) is 0.863. The minimum atomic E-state index is -4.49. The third-order valence-electron chi connectivity index (χ3n) is 3.29. The number of rotatable bonds is 4. The highest BCUT2D eigenvalue weighted by Gasteiger charge is 2.40. The summed E-state index contributed by atoms with van der Waals surface area (Å²) in [5.74, 6) is -0.0269. The molecule has 1 amide bonds. The van der Waals surface area contributed by atoms with Crippen molar-refractivity contribution in [2.75, 3.05) is 25.0 Å². The van der Waals surface area contributed by atoms with Crippen molar-refractivity contribution >= 4 is 11.7 Å². The molecular weight excluding hydrogens is 285 g/mol. The van der Waals surface area contributed by atoms with Gasteiger partial charge in [0.2, 0.25) is 5.91 Å². The molecule has 0 atom stereocenters. The molecule has 0 saturated carbocycles. The van der Waals surface area contributed by atoms with E-state index in [0.29, 0.717) is 19.6 Å². The van der Waals surface area contributed by atoms with Crippen LogP contribution in [0.4, 0.5) is 19.0 Å². The number of likely N-dealkylation sites (tertiary alicyclic amines) is 1. The molecular formula is C13H15F3N4O. The lowest BCUT2D eigenvalue weighted by atomic mass is 9.82. The number of nitrogens with zero attached hydrogens (tertiary/aromatic N) is 3. The lowest BCUT2D eigenvalue weighted by molar-refractivity contribution is -0.141. The van der Waals surface area contributed by atoms with Gasteiger partial charge in [-0.15, -0.1) is 0 Å². The van der Waals surface area contributed by atoms with E-state index >= 15 is 0 Å². The number of nitrogens with one attached hydrogen (secondary N) is 1. The lowest BCUT2D eigenvalue weighted by Gasteiger charge is -2.47. The standard InChI is InChI=1S/C13H15F3N4O/c1-3-11(21)20-6-12(2,7-20)5-17-10-4-9(13(14,15)16)18-8-19-10/h3-4,8H,1,5-7H2,2H3,(H,17,18,19). The van der Waals surface area contributed by atoms with Crippen LogP contribution in [0.2, 0.25) is 0 Å². The average Bonchev–Trinajstić information content (AvgIpc) is 2.40. The van der Waals surface area contributed by atoms with Crippen molar-refractivity contribution in [1.29, 1.82) is 0 Å². The molecule has 1 aromatic heterocycles. The SMILES string of the molecule is C=CC(=O)N1CC(C)(CNc2cc(C(F)(F)F)ncn2)C1. The summed E-state index contributed by atoms with van der Waals surface area (Å²) in [6.45, 7) is 6.83. The van der Waals surface area contributed by atoms with Crippen molar-refractivity contribution in [3.05, 3.63) is 30.7 Å². The molecule has 0 bridgehead atoms. The largest absolute Gasteiger partial charge is 0.433 e. The molecule has 5 nitrogen and oxygen atoms in total. The van der Waals surface area contributed by atoms with Crippen molar-refractivity contribution in [2.24, 2.45) is 5.41 Å². The molecule has 0 unspecified atom stereocenters. The number of anilines is 1. The second-order valence-electron chi connectivity index (χ2n) is 5.35. The predicted octanol–water partition coefficient (Wildman–Crippen LogP) is 1.94. The first-order valence-corrected chi connectivity index (χ1v) is 6.28. The minimum Gasteiger partial charge on any atom is -0.369 e. The van der Waals surface area contributed by atoms with Crippen molar-refractivity contribution < 1.29 is 18.0 Å². The average molecular weight is 300 g/mol. The predicted molar refractivity (Wildman–Crippen MR) is 70.4 cm³/mol. The van der Waals surface area contributed by atoms with Gasteiger partial charge in [0, 0.05) is 31.1 Å². The van der Waals surface area contributed by atoms with Gasteiger partial charge in [-0.2, -0.15) is 13.2 Å². The fourth-order valence-electron chi connectivity index (χ4n) is 2.18. The molecule has 2 rings (SSSR count). The fourth-order valence-corrected chi connectivity index (χ4v) is 2.18. The van der Waals surface area contributed by atoms with Crippen LogP contribution in [0.5, 0.6) is 0 Å². The number of amides is 1. The molecule has 0 spiro atoms. The highest BCUT2D eigenvalue weighted by atomic mass is 19.4. The van der Waals surface area contributed by atoms with Gasteiger partial charge in [0.1, 0.15) is 17.8 Å². The van der Waals surface area contributed by atoms with E-state index in [-0.39, 0.29) is 17.1 Å². The molecule has 1 fully saturated rings. The van der Waals surface area contributed by atoms with Crippen LogP contribution in [0.3, 0.4) is 0 Å². The van der Waals surface area contributed by atoms with Crippen LogP contribution < -0.4 is 5.32 Å². The van der Waals surface area contributed by atoms with Gasteiger partial charge in [0.15, 0.2) is 0 Å². The maximum Gasteiger partial charge on any atom is 0.433 e. The molecule has 1 saturated heterocycles. The van der Waals surface area contributed by atoms with Crippen LogP contribution in [-0.2, 0) is 11.0 Å². The van der Waals surface area contributed by atoms with Crippen LogP contribution >= 0.6 is 0 Å². The molecule has 0 radical (unpaired) electrons. The molecule has 21 heavy (non-hydrogen) atoms. The zero-order chi connectivity index (χ0) is 15.7. The maximum absolute atomic E-state index is 12.5. The van der Waals surface area contributed by atoms with Crippen LogP contribution in [0, 0.1) is 5.41 Å². The van der Waals surface area contributed by atoms with Crippen LogP contribution in [-0.4, -0.2) is 40.4 Å². The lowest BCUT2D eigenvalue weighted by Crippen LogP contribution is -2.59. The first-order valence-electron chi connectivity index (χ1n) is 6.28.